The average Bonchev–Trinajstić information content (AvgIpc) is 3.17. The lowest BCUT2D eigenvalue weighted by Gasteiger charge is -2.17. The fourth-order valence-electron chi connectivity index (χ4n) is 3.45. The molecule has 158 valence electrons. The first-order valence-corrected chi connectivity index (χ1v) is 11.1. The van der Waals surface area contributed by atoms with E-state index < -0.39 is 11.9 Å². The zero-order valence-corrected chi connectivity index (χ0v) is 18.9. The van der Waals surface area contributed by atoms with E-state index in [1.807, 2.05) is 36.4 Å². The minimum absolute atomic E-state index is 0.209. The van der Waals surface area contributed by atoms with Crippen LogP contribution < -0.4 is 4.90 Å². The topological polar surface area (TPSA) is 66.9 Å². The van der Waals surface area contributed by atoms with Crippen LogP contribution in [0, 0.1) is 0 Å². The number of thioether (sulfide) groups is 1. The standard InChI is InChI=1S/C22H17ClN2O4S2/c1-2-29-17(26)12-25-21(28)19(31-22(25)30)18-15-5-3-4-6-16(15)24(20(18)27)11-13-7-9-14(23)10-8-13/h3-10H,2,11-12H2,1H3/b19-18-. The highest BCUT2D eigenvalue weighted by Gasteiger charge is 2.42. The summed E-state index contributed by atoms with van der Waals surface area (Å²) in [5.74, 6) is -1.30. The van der Waals surface area contributed by atoms with Gasteiger partial charge in [0.05, 0.1) is 29.3 Å². The number of halogens is 1. The van der Waals surface area contributed by atoms with Crippen molar-refractivity contribution in [3.8, 4) is 0 Å². The van der Waals surface area contributed by atoms with Crippen LogP contribution in [0.4, 0.5) is 5.69 Å². The maximum atomic E-state index is 13.4. The third kappa shape index (κ3) is 4.11. The number of ether oxygens (including phenoxy) is 1. The van der Waals surface area contributed by atoms with Gasteiger partial charge in [0.25, 0.3) is 11.8 Å². The molecule has 0 radical (unpaired) electrons. The smallest absolute Gasteiger partial charge is 0.326 e. The van der Waals surface area contributed by atoms with Crippen LogP contribution in [0.25, 0.3) is 5.57 Å². The van der Waals surface area contributed by atoms with Crippen LogP contribution in [0.1, 0.15) is 18.1 Å². The Morgan fingerprint density at radius 2 is 1.77 bits per heavy atom. The number of hydrogen-bond donors (Lipinski definition) is 0. The molecule has 0 bridgehead atoms. The molecule has 0 atom stereocenters. The van der Waals surface area contributed by atoms with Gasteiger partial charge in [-0.05, 0) is 30.7 Å². The van der Waals surface area contributed by atoms with Crippen molar-refractivity contribution in [2.24, 2.45) is 0 Å². The highest BCUT2D eigenvalue weighted by molar-refractivity contribution is 8.26. The van der Waals surface area contributed by atoms with Crippen LogP contribution in [0.5, 0.6) is 0 Å². The van der Waals surface area contributed by atoms with E-state index >= 15 is 0 Å². The zero-order valence-electron chi connectivity index (χ0n) is 16.5. The maximum absolute atomic E-state index is 13.4. The van der Waals surface area contributed by atoms with Gasteiger partial charge < -0.3 is 9.64 Å². The lowest BCUT2D eigenvalue weighted by molar-refractivity contribution is -0.145. The number of anilines is 1. The van der Waals surface area contributed by atoms with Crippen molar-refractivity contribution in [1.82, 2.24) is 4.90 Å². The average molecular weight is 473 g/mol. The van der Waals surface area contributed by atoms with Gasteiger partial charge in [-0.2, -0.15) is 0 Å². The van der Waals surface area contributed by atoms with E-state index in [0.29, 0.717) is 28.4 Å². The summed E-state index contributed by atoms with van der Waals surface area (Å²) in [6, 6.07) is 14.6. The SMILES string of the molecule is CCOC(=O)CN1C(=O)/C(=C2/C(=O)N(Cc3ccc(Cl)cc3)c3ccccc32)SC1=S. The second-order valence-corrected chi connectivity index (χ2v) is 8.88. The van der Waals surface area contributed by atoms with Crippen LogP contribution in [0.2, 0.25) is 5.02 Å². The Morgan fingerprint density at radius 3 is 2.48 bits per heavy atom. The van der Waals surface area contributed by atoms with Crippen molar-refractivity contribution in [2.45, 2.75) is 13.5 Å². The van der Waals surface area contributed by atoms with Gasteiger partial charge in [0.15, 0.2) is 0 Å². The first kappa shape index (κ1) is 21.5. The number of nitrogens with zero attached hydrogens (tertiary/aromatic N) is 2. The summed E-state index contributed by atoms with van der Waals surface area (Å²) in [6.07, 6.45) is 0. The highest BCUT2D eigenvalue weighted by Crippen LogP contribution is 2.45. The number of para-hydroxylation sites is 1. The fraction of sp³-hybridized carbons (Fsp3) is 0.182. The van der Waals surface area contributed by atoms with Crippen LogP contribution in [-0.2, 0) is 25.7 Å². The number of carbonyl (C=O) groups is 3. The van der Waals surface area contributed by atoms with E-state index in [0.717, 1.165) is 17.3 Å². The molecule has 2 aromatic carbocycles. The van der Waals surface area contributed by atoms with Crippen molar-refractivity contribution in [3.63, 3.8) is 0 Å². The Labute approximate surface area is 193 Å². The molecule has 0 N–H and O–H groups in total. The molecule has 2 aliphatic heterocycles. The van der Waals surface area contributed by atoms with Crippen molar-refractivity contribution in [3.05, 3.63) is 69.6 Å². The molecule has 0 unspecified atom stereocenters. The van der Waals surface area contributed by atoms with E-state index in [1.165, 1.54) is 4.90 Å². The number of thiocarbonyl (C=S) groups is 1. The van der Waals surface area contributed by atoms with Crippen molar-refractivity contribution >= 4 is 68.9 Å². The molecule has 1 saturated heterocycles. The molecule has 9 heteroatoms. The van der Waals surface area contributed by atoms with Crippen molar-refractivity contribution < 1.29 is 19.1 Å². The summed E-state index contributed by atoms with van der Waals surface area (Å²) in [7, 11) is 0. The van der Waals surface area contributed by atoms with E-state index in [4.69, 9.17) is 28.6 Å². The van der Waals surface area contributed by atoms with Gasteiger partial charge in [0, 0.05) is 10.6 Å². The zero-order chi connectivity index (χ0) is 22.1. The summed E-state index contributed by atoms with van der Waals surface area (Å²) in [4.78, 5) is 41.4. The van der Waals surface area contributed by atoms with Crippen LogP contribution in [0.3, 0.4) is 0 Å². The minimum atomic E-state index is -0.549. The number of hydrogen-bond acceptors (Lipinski definition) is 6. The van der Waals surface area contributed by atoms with Crippen LogP contribution in [0.15, 0.2) is 53.4 Å². The van der Waals surface area contributed by atoms with Gasteiger partial charge in [-0.15, -0.1) is 0 Å². The Bertz CT molecular complexity index is 1130. The fourth-order valence-corrected chi connectivity index (χ4v) is 4.90. The predicted molar refractivity (Wildman–Crippen MR) is 125 cm³/mol. The largest absolute Gasteiger partial charge is 0.465 e. The molecule has 0 aromatic heterocycles. The van der Waals surface area contributed by atoms with E-state index in [9.17, 15) is 14.4 Å². The maximum Gasteiger partial charge on any atom is 0.326 e. The van der Waals surface area contributed by atoms with Gasteiger partial charge in [-0.1, -0.05) is 65.9 Å². The summed E-state index contributed by atoms with van der Waals surface area (Å²) in [5, 5.41) is 0.614. The number of amides is 2. The Kier molecular flexibility index (Phi) is 6.13. The van der Waals surface area contributed by atoms with Crippen LogP contribution in [-0.4, -0.2) is 40.2 Å². The third-order valence-electron chi connectivity index (χ3n) is 4.85. The summed E-state index contributed by atoms with van der Waals surface area (Å²) in [5.41, 5.74) is 2.59. The normalized spacial score (nSPS) is 18.1. The Balaban J connectivity index is 1.70. The molecular weight excluding hydrogens is 456 g/mol. The molecule has 1 fully saturated rings. The molecule has 6 nitrogen and oxygen atoms in total. The molecule has 2 heterocycles. The van der Waals surface area contributed by atoms with Crippen molar-refractivity contribution in [2.75, 3.05) is 18.1 Å². The first-order chi connectivity index (χ1) is 14.9. The Morgan fingerprint density at radius 1 is 1.06 bits per heavy atom. The van der Waals surface area contributed by atoms with E-state index in [-0.39, 0.29) is 28.3 Å². The molecule has 2 aromatic rings. The van der Waals surface area contributed by atoms with Gasteiger partial charge in [0.2, 0.25) is 0 Å². The number of rotatable bonds is 5. The van der Waals surface area contributed by atoms with E-state index in [2.05, 4.69) is 0 Å². The third-order valence-corrected chi connectivity index (χ3v) is 6.55. The number of benzene rings is 2. The van der Waals surface area contributed by atoms with Gasteiger partial charge in [0.1, 0.15) is 10.9 Å². The Hall–Kier alpha value is -2.68. The molecule has 2 amide bonds. The summed E-state index contributed by atoms with van der Waals surface area (Å²) in [6.45, 7) is 1.95. The molecule has 0 saturated carbocycles. The molecule has 4 rings (SSSR count). The van der Waals surface area contributed by atoms with Crippen molar-refractivity contribution in [1.29, 1.82) is 0 Å². The highest BCUT2D eigenvalue weighted by atomic mass is 35.5. The molecule has 0 aliphatic carbocycles. The van der Waals surface area contributed by atoms with Gasteiger partial charge >= 0.3 is 5.97 Å². The number of fused-ring (bicyclic) bond motifs is 1. The molecule has 0 spiro atoms. The molecule has 31 heavy (non-hydrogen) atoms. The number of esters is 1. The quantitative estimate of drug-likeness (QED) is 0.372. The lowest BCUT2D eigenvalue weighted by atomic mass is 10.1. The van der Waals surface area contributed by atoms with E-state index in [1.54, 1.807) is 24.0 Å². The second kappa shape index (κ2) is 8.82. The summed E-state index contributed by atoms with van der Waals surface area (Å²) < 4.78 is 5.15. The first-order valence-electron chi connectivity index (χ1n) is 9.50. The monoisotopic (exact) mass is 472 g/mol. The van der Waals surface area contributed by atoms with Gasteiger partial charge in [-0.25, -0.2) is 0 Å². The molecule has 2 aliphatic rings. The predicted octanol–water partition coefficient (Wildman–Crippen LogP) is 4.02. The lowest BCUT2D eigenvalue weighted by Crippen LogP contribution is -2.34. The second-order valence-electron chi connectivity index (χ2n) is 6.80. The number of carbonyl (C=O) groups excluding carboxylic acids is 3. The summed E-state index contributed by atoms with van der Waals surface area (Å²) >= 11 is 12.3. The van der Waals surface area contributed by atoms with Gasteiger partial charge in [-0.3, -0.25) is 19.3 Å². The van der Waals surface area contributed by atoms with Crippen LogP contribution >= 0.6 is 35.6 Å². The minimum Gasteiger partial charge on any atom is -0.465 e. The molecular formula is C22H17ClN2O4S2.